The van der Waals surface area contributed by atoms with Gasteiger partial charge in [-0.3, -0.25) is 4.68 Å². The second-order valence-corrected chi connectivity index (χ2v) is 5.55. The molecule has 1 unspecified atom stereocenters. The van der Waals surface area contributed by atoms with Gasteiger partial charge in [0.25, 0.3) is 0 Å². The Balaban J connectivity index is 2.19. The van der Waals surface area contributed by atoms with Gasteiger partial charge < -0.3 is 15.4 Å². The van der Waals surface area contributed by atoms with E-state index < -0.39 is 5.60 Å². The predicted molar refractivity (Wildman–Crippen MR) is 73.9 cm³/mol. The highest BCUT2D eigenvalue weighted by atomic mass is 16.6. The summed E-state index contributed by atoms with van der Waals surface area (Å²) >= 11 is 0. The van der Waals surface area contributed by atoms with Crippen molar-refractivity contribution < 1.29 is 9.53 Å². The topological polar surface area (TPSA) is 68.2 Å². The predicted octanol–water partition coefficient (Wildman–Crippen LogP) is 1.60. The van der Waals surface area contributed by atoms with Crippen LogP contribution >= 0.6 is 0 Å². The number of nitrogens with one attached hydrogen (secondary N) is 2. The molecule has 0 radical (unpaired) electrons. The monoisotopic (exact) mass is 268 g/mol. The Morgan fingerprint density at radius 3 is 2.68 bits per heavy atom. The van der Waals surface area contributed by atoms with Crippen molar-refractivity contribution in [2.24, 2.45) is 7.05 Å². The molecule has 1 heterocycles. The van der Waals surface area contributed by atoms with Crippen LogP contribution in [0.2, 0.25) is 0 Å². The molecule has 0 aliphatic rings. The number of hydrogen-bond acceptors (Lipinski definition) is 4. The third kappa shape index (κ3) is 6.24. The molecule has 0 aliphatic carbocycles. The summed E-state index contributed by atoms with van der Waals surface area (Å²) in [4.78, 5) is 11.4. The molecule has 1 aromatic heterocycles. The summed E-state index contributed by atoms with van der Waals surface area (Å²) in [6.07, 6.45) is 3.42. The van der Waals surface area contributed by atoms with Crippen LogP contribution in [0.15, 0.2) is 12.4 Å². The van der Waals surface area contributed by atoms with Crippen molar-refractivity contribution in [1.82, 2.24) is 20.4 Å². The van der Waals surface area contributed by atoms with Crippen molar-refractivity contribution in [2.75, 3.05) is 13.1 Å². The summed E-state index contributed by atoms with van der Waals surface area (Å²) in [7, 11) is 1.89. The lowest BCUT2D eigenvalue weighted by molar-refractivity contribution is 0.0528. The van der Waals surface area contributed by atoms with Crippen LogP contribution in [0.3, 0.4) is 0 Å². The molecule has 0 bridgehead atoms. The first-order valence-electron chi connectivity index (χ1n) is 6.47. The lowest BCUT2D eigenvalue weighted by atomic mass is 10.2. The molecule has 2 N–H and O–H groups in total. The zero-order valence-electron chi connectivity index (χ0n) is 12.4. The highest BCUT2D eigenvalue weighted by molar-refractivity contribution is 5.67. The van der Waals surface area contributed by atoms with Crippen molar-refractivity contribution in [3.05, 3.63) is 18.0 Å². The molecule has 1 amide bonds. The minimum absolute atomic E-state index is 0.203. The number of hydrogen-bond donors (Lipinski definition) is 2. The number of ether oxygens (including phenoxy) is 1. The lowest BCUT2D eigenvalue weighted by Crippen LogP contribution is -2.36. The molecule has 108 valence electrons. The first-order valence-corrected chi connectivity index (χ1v) is 6.47. The normalized spacial score (nSPS) is 13.1. The number of rotatable bonds is 5. The van der Waals surface area contributed by atoms with Gasteiger partial charge in [-0.15, -0.1) is 0 Å². The molecule has 1 atom stereocenters. The number of carbonyl (C=O) groups excluding carboxylic acids is 1. The second-order valence-electron chi connectivity index (χ2n) is 5.55. The Morgan fingerprint density at radius 2 is 2.16 bits per heavy atom. The standard InChI is InChI=1S/C13H24N4O2/c1-10(11-8-16-17(5)9-11)14-6-7-15-12(18)19-13(2,3)4/h8-10,14H,6-7H2,1-5H3,(H,15,18). The maximum absolute atomic E-state index is 11.4. The van der Waals surface area contributed by atoms with Gasteiger partial charge in [-0.25, -0.2) is 4.79 Å². The van der Waals surface area contributed by atoms with Crippen molar-refractivity contribution in [1.29, 1.82) is 0 Å². The molecule has 0 spiro atoms. The minimum Gasteiger partial charge on any atom is -0.444 e. The minimum atomic E-state index is -0.458. The highest BCUT2D eigenvalue weighted by Crippen LogP contribution is 2.09. The van der Waals surface area contributed by atoms with Gasteiger partial charge >= 0.3 is 6.09 Å². The number of nitrogens with zero attached hydrogens (tertiary/aromatic N) is 2. The van der Waals surface area contributed by atoms with Crippen molar-refractivity contribution in [2.45, 2.75) is 39.3 Å². The number of amides is 1. The quantitative estimate of drug-likeness (QED) is 0.796. The zero-order chi connectivity index (χ0) is 14.5. The molecule has 1 aromatic rings. The molecule has 0 saturated carbocycles. The summed E-state index contributed by atoms with van der Waals surface area (Å²) in [6, 6.07) is 0.203. The van der Waals surface area contributed by atoms with Gasteiger partial charge in [0.05, 0.1) is 6.20 Å². The third-order valence-corrected chi connectivity index (χ3v) is 2.47. The summed E-state index contributed by atoms with van der Waals surface area (Å²) in [6.45, 7) is 8.79. The van der Waals surface area contributed by atoms with Crippen LogP contribution in [0.5, 0.6) is 0 Å². The molecule has 0 aliphatic heterocycles. The fraction of sp³-hybridized carbons (Fsp3) is 0.692. The molecular formula is C13H24N4O2. The van der Waals surface area contributed by atoms with Crippen LogP contribution in [-0.4, -0.2) is 34.6 Å². The molecule has 0 fully saturated rings. The van der Waals surface area contributed by atoms with Gasteiger partial charge in [-0.1, -0.05) is 0 Å². The number of alkyl carbamates (subject to hydrolysis) is 1. The Kier molecular flexibility index (Phi) is 5.35. The van der Waals surface area contributed by atoms with Crippen LogP contribution in [-0.2, 0) is 11.8 Å². The smallest absolute Gasteiger partial charge is 0.407 e. The molecule has 6 nitrogen and oxygen atoms in total. The van der Waals surface area contributed by atoms with Crippen molar-refractivity contribution in [3.8, 4) is 0 Å². The van der Waals surface area contributed by atoms with Crippen molar-refractivity contribution in [3.63, 3.8) is 0 Å². The van der Waals surface area contributed by atoms with Crippen LogP contribution in [0, 0.1) is 0 Å². The average Bonchev–Trinajstić information content (AvgIpc) is 2.68. The summed E-state index contributed by atoms with van der Waals surface area (Å²) < 4.78 is 6.91. The van der Waals surface area contributed by atoms with E-state index in [1.165, 1.54) is 0 Å². The largest absolute Gasteiger partial charge is 0.444 e. The van der Waals surface area contributed by atoms with E-state index in [0.29, 0.717) is 13.1 Å². The molecule has 6 heteroatoms. The zero-order valence-corrected chi connectivity index (χ0v) is 12.4. The SMILES string of the molecule is CC(NCCNC(=O)OC(C)(C)C)c1cnn(C)c1. The summed E-state index contributed by atoms with van der Waals surface area (Å²) in [5.74, 6) is 0. The summed E-state index contributed by atoms with van der Waals surface area (Å²) in [5, 5.41) is 10.1. The first-order chi connectivity index (χ1) is 8.78. The first kappa shape index (κ1) is 15.5. The Hall–Kier alpha value is -1.56. The number of aryl methyl sites for hydroxylation is 1. The van der Waals surface area contributed by atoms with E-state index in [1.54, 1.807) is 4.68 Å². The Morgan fingerprint density at radius 1 is 1.47 bits per heavy atom. The van der Waals surface area contributed by atoms with E-state index in [-0.39, 0.29) is 12.1 Å². The van der Waals surface area contributed by atoms with Gasteiger partial charge in [0.2, 0.25) is 0 Å². The average molecular weight is 268 g/mol. The van der Waals surface area contributed by atoms with Gasteiger partial charge in [-0.05, 0) is 27.7 Å². The van der Waals surface area contributed by atoms with Gasteiger partial charge in [0, 0.05) is 37.9 Å². The lowest BCUT2D eigenvalue weighted by Gasteiger charge is -2.20. The maximum Gasteiger partial charge on any atom is 0.407 e. The van der Waals surface area contributed by atoms with Gasteiger partial charge in [-0.2, -0.15) is 5.10 Å². The maximum atomic E-state index is 11.4. The molecule has 1 rings (SSSR count). The van der Waals surface area contributed by atoms with E-state index in [9.17, 15) is 4.79 Å². The third-order valence-electron chi connectivity index (χ3n) is 2.47. The second kappa shape index (κ2) is 6.56. The van der Waals surface area contributed by atoms with Gasteiger partial charge in [0.15, 0.2) is 0 Å². The van der Waals surface area contributed by atoms with Crippen LogP contribution in [0.25, 0.3) is 0 Å². The van der Waals surface area contributed by atoms with Crippen LogP contribution in [0.4, 0.5) is 4.79 Å². The number of aromatic nitrogens is 2. The van der Waals surface area contributed by atoms with E-state index in [2.05, 4.69) is 22.7 Å². The fourth-order valence-corrected chi connectivity index (χ4v) is 1.55. The highest BCUT2D eigenvalue weighted by Gasteiger charge is 2.15. The van der Waals surface area contributed by atoms with Crippen molar-refractivity contribution >= 4 is 6.09 Å². The van der Waals surface area contributed by atoms with Gasteiger partial charge in [0.1, 0.15) is 5.60 Å². The molecular weight excluding hydrogens is 244 g/mol. The van der Waals surface area contributed by atoms with E-state index in [4.69, 9.17) is 4.74 Å². The van der Waals surface area contributed by atoms with E-state index in [0.717, 1.165) is 5.56 Å². The number of carbonyl (C=O) groups is 1. The molecule has 0 aromatic carbocycles. The van der Waals surface area contributed by atoms with E-state index >= 15 is 0 Å². The van der Waals surface area contributed by atoms with Crippen LogP contribution < -0.4 is 10.6 Å². The van der Waals surface area contributed by atoms with Crippen LogP contribution in [0.1, 0.15) is 39.3 Å². The molecule has 19 heavy (non-hydrogen) atoms. The summed E-state index contributed by atoms with van der Waals surface area (Å²) in [5.41, 5.74) is 0.667. The molecule has 0 saturated heterocycles. The fourth-order valence-electron chi connectivity index (χ4n) is 1.55. The van der Waals surface area contributed by atoms with E-state index in [1.807, 2.05) is 40.2 Å². The Labute approximate surface area is 114 Å². The Bertz CT molecular complexity index is 409.